The molecule has 18 heavy (non-hydrogen) atoms. The van der Waals surface area contributed by atoms with Crippen molar-refractivity contribution in [3.63, 3.8) is 0 Å². The van der Waals surface area contributed by atoms with Gasteiger partial charge in [-0.2, -0.15) is 10.1 Å². The van der Waals surface area contributed by atoms with Gasteiger partial charge in [-0.05, 0) is 24.3 Å². The number of carbonyl (C=O) groups excluding carboxylic acids is 1. The van der Waals surface area contributed by atoms with Crippen LogP contribution in [0.5, 0.6) is 0 Å². The zero-order chi connectivity index (χ0) is 12.5. The molecule has 1 aromatic carbocycles. The maximum Gasteiger partial charge on any atom is 0.435 e. The Labute approximate surface area is 109 Å². The van der Waals surface area contributed by atoms with Crippen LogP contribution in [0, 0.1) is 0 Å². The van der Waals surface area contributed by atoms with Gasteiger partial charge in [0.05, 0.1) is 24.6 Å². The SMILES string of the molecule is O=C1OC2COCCC2=NN1c1ccc(Cl)cc1. The summed E-state index contributed by atoms with van der Waals surface area (Å²) in [6.45, 7) is 1.00. The Morgan fingerprint density at radius 2 is 2.11 bits per heavy atom. The molecule has 5 nitrogen and oxygen atoms in total. The summed E-state index contributed by atoms with van der Waals surface area (Å²) in [6, 6.07) is 6.88. The normalized spacial score (nSPS) is 23.2. The van der Waals surface area contributed by atoms with E-state index in [0.29, 0.717) is 30.3 Å². The number of amides is 1. The molecule has 2 aliphatic heterocycles. The Bertz CT molecular complexity index is 501. The highest BCUT2D eigenvalue weighted by atomic mass is 35.5. The third-order valence-electron chi connectivity index (χ3n) is 2.86. The Hall–Kier alpha value is -1.59. The molecule has 3 rings (SSSR count). The van der Waals surface area contributed by atoms with Crippen LogP contribution in [-0.2, 0) is 9.47 Å². The Balaban J connectivity index is 1.91. The molecule has 0 spiro atoms. The molecule has 0 radical (unpaired) electrons. The molecule has 0 bridgehead atoms. The fraction of sp³-hybridized carbons (Fsp3) is 0.333. The number of ether oxygens (including phenoxy) is 2. The first kappa shape index (κ1) is 11.5. The van der Waals surface area contributed by atoms with E-state index in [0.717, 1.165) is 5.71 Å². The summed E-state index contributed by atoms with van der Waals surface area (Å²) in [6.07, 6.45) is -0.145. The molecule has 0 aromatic heterocycles. The second-order valence-electron chi connectivity index (χ2n) is 4.08. The molecule has 94 valence electrons. The molecule has 2 aliphatic rings. The summed E-state index contributed by atoms with van der Waals surface area (Å²) in [5.41, 5.74) is 1.48. The lowest BCUT2D eigenvalue weighted by molar-refractivity contribution is 0.0339. The first-order valence-corrected chi connectivity index (χ1v) is 6.03. The van der Waals surface area contributed by atoms with Crippen LogP contribution in [0.2, 0.25) is 5.02 Å². The van der Waals surface area contributed by atoms with Crippen molar-refractivity contribution < 1.29 is 14.3 Å². The number of hydrogen-bond donors (Lipinski definition) is 0. The van der Waals surface area contributed by atoms with E-state index >= 15 is 0 Å². The Morgan fingerprint density at radius 1 is 1.33 bits per heavy atom. The van der Waals surface area contributed by atoms with Gasteiger partial charge in [-0.15, -0.1) is 0 Å². The Morgan fingerprint density at radius 3 is 2.89 bits per heavy atom. The topological polar surface area (TPSA) is 51.1 Å². The molecule has 0 saturated carbocycles. The third kappa shape index (κ3) is 2.07. The van der Waals surface area contributed by atoms with E-state index in [4.69, 9.17) is 21.1 Å². The second-order valence-corrected chi connectivity index (χ2v) is 4.51. The van der Waals surface area contributed by atoms with Gasteiger partial charge >= 0.3 is 6.09 Å². The first-order valence-electron chi connectivity index (χ1n) is 5.65. The van der Waals surface area contributed by atoms with Crippen molar-refractivity contribution in [3.8, 4) is 0 Å². The van der Waals surface area contributed by atoms with E-state index in [-0.39, 0.29) is 6.10 Å². The summed E-state index contributed by atoms with van der Waals surface area (Å²) in [5.74, 6) is 0. The van der Waals surface area contributed by atoms with Crippen molar-refractivity contribution in [2.24, 2.45) is 5.10 Å². The standard InChI is InChI=1S/C12H11ClN2O3/c13-8-1-3-9(4-2-8)15-12(16)18-11-7-17-6-5-10(11)14-15/h1-4,11H,5-7H2. The summed E-state index contributed by atoms with van der Waals surface area (Å²) in [4.78, 5) is 11.8. The van der Waals surface area contributed by atoms with Crippen molar-refractivity contribution in [2.75, 3.05) is 18.2 Å². The highest BCUT2D eigenvalue weighted by Gasteiger charge is 2.33. The number of hydrogen-bond acceptors (Lipinski definition) is 4. The van der Waals surface area contributed by atoms with E-state index < -0.39 is 6.09 Å². The third-order valence-corrected chi connectivity index (χ3v) is 3.11. The lowest BCUT2D eigenvalue weighted by Crippen LogP contribution is -2.46. The number of carbonyl (C=O) groups is 1. The number of fused-ring (bicyclic) bond motifs is 1. The van der Waals surface area contributed by atoms with Crippen LogP contribution in [0.4, 0.5) is 10.5 Å². The molecular weight excluding hydrogens is 256 g/mol. The number of rotatable bonds is 1. The fourth-order valence-corrected chi connectivity index (χ4v) is 2.05. The van der Waals surface area contributed by atoms with Crippen LogP contribution in [0.1, 0.15) is 6.42 Å². The van der Waals surface area contributed by atoms with Gasteiger partial charge in [-0.25, -0.2) is 4.79 Å². The quantitative estimate of drug-likeness (QED) is 0.784. The molecule has 0 aliphatic carbocycles. The highest BCUT2D eigenvalue weighted by molar-refractivity contribution is 6.30. The molecule has 0 N–H and O–H groups in total. The average molecular weight is 267 g/mol. The van der Waals surface area contributed by atoms with E-state index in [9.17, 15) is 4.79 Å². The van der Waals surface area contributed by atoms with Crippen molar-refractivity contribution >= 4 is 29.1 Å². The maximum absolute atomic E-state index is 11.8. The molecule has 1 saturated heterocycles. The molecule has 1 unspecified atom stereocenters. The molecule has 1 fully saturated rings. The molecule has 2 heterocycles. The summed E-state index contributed by atoms with van der Waals surface area (Å²) in [7, 11) is 0. The molecule has 1 aromatic rings. The summed E-state index contributed by atoms with van der Waals surface area (Å²) in [5, 5.41) is 6.21. The fourth-order valence-electron chi connectivity index (χ4n) is 1.93. The highest BCUT2D eigenvalue weighted by Crippen LogP contribution is 2.24. The van der Waals surface area contributed by atoms with Gasteiger partial charge in [0.1, 0.15) is 0 Å². The summed E-state index contributed by atoms with van der Waals surface area (Å²) < 4.78 is 10.5. The van der Waals surface area contributed by atoms with E-state index in [1.54, 1.807) is 24.3 Å². The van der Waals surface area contributed by atoms with Crippen LogP contribution in [-0.4, -0.2) is 31.1 Å². The smallest absolute Gasteiger partial charge is 0.435 e. The van der Waals surface area contributed by atoms with Gasteiger partial charge in [-0.1, -0.05) is 11.6 Å². The average Bonchev–Trinajstić information content (AvgIpc) is 2.39. The lowest BCUT2D eigenvalue weighted by Gasteiger charge is -2.31. The van der Waals surface area contributed by atoms with Crippen LogP contribution in [0.3, 0.4) is 0 Å². The maximum atomic E-state index is 11.8. The number of benzene rings is 1. The van der Waals surface area contributed by atoms with Crippen molar-refractivity contribution in [1.29, 1.82) is 0 Å². The second kappa shape index (κ2) is 4.59. The van der Waals surface area contributed by atoms with Crippen molar-refractivity contribution in [1.82, 2.24) is 0 Å². The van der Waals surface area contributed by atoms with Gasteiger partial charge in [0.25, 0.3) is 0 Å². The molecule has 6 heteroatoms. The number of nitrogens with zero attached hydrogens (tertiary/aromatic N) is 2. The van der Waals surface area contributed by atoms with Crippen LogP contribution in [0.15, 0.2) is 29.4 Å². The zero-order valence-electron chi connectivity index (χ0n) is 9.51. The molecule has 1 atom stereocenters. The van der Waals surface area contributed by atoms with Crippen molar-refractivity contribution in [2.45, 2.75) is 12.5 Å². The van der Waals surface area contributed by atoms with E-state index in [2.05, 4.69) is 5.10 Å². The van der Waals surface area contributed by atoms with Crippen LogP contribution < -0.4 is 5.01 Å². The zero-order valence-corrected chi connectivity index (χ0v) is 10.3. The Kier molecular flexibility index (Phi) is 2.93. The van der Waals surface area contributed by atoms with Gasteiger partial charge in [-0.3, -0.25) is 0 Å². The predicted octanol–water partition coefficient (Wildman–Crippen LogP) is 2.44. The minimum atomic E-state index is -0.489. The van der Waals surface area contributed by atoms with Crippen LogP contribution in [0.25, 0.3) is 0 Å². The van der Waals surface area contributed by atoms with Crippen molar-refractivity contribution in [3.05, 3.63) is 29.3 Å². The number of halogens is 1. The largest absolute Gasteiger partial charge is 0.436 e. The summed E-state index contributed by atoms with van der Waals surface area (Å²) >= 11 is 5.81. The van der Waals surface area contributed by atoms with Gasteiger partial charge in [0, 0.05) is 11.4 Å². The molecular formula is C12H11ClN2O3. The minimum absolute atomic E-state index is 0.338. The van der Waals surface area contributed by atoms with Gasteiger partial charge in [0.15, 0.2) is 6.10 Å². The van der Waals surface area contributed by atoms with E-state index in [1.807, 2.05) is 0 Å². The van der Waals surface area contributed by atoms with E-state index in [1.165, 1.54) is 5.01 Å². The minimum Gasteiger partial charge on any atom is -0.436 e. The van der Waals surface area contributed by atoms with Crippen LogP contribution >= 0.6 is 11.6 Å². The first-order chi connectivity index (χ1) is 8.74. The van der Waals surface area contributed by atoms with Gasteiger partial charge in [0.2, 0.25) is 0 Å². The number of anilines is 1. The molecule has 1 amide bonds. The lowest BCUT2D eigenvalue weighted by atomic mass is 10.1. The predicted molar refractivity (Wildman–Crippen MR) is 67.1 cm³/mol. The van der Waals surface area contributed by atoms with Gasteiger partial charge < -0.3 is 9.47 Å². The number of hydrazone groups is 1. The monoisotopic (exact) mass is 266 g/mol.